The van der Waals surface area contributed by atoms with Crippen molar-refractivity contribution >= 4 is 50.3 Å². The van der Waals surface area contributed by atoms with Crippen LogP contribution in [0.1, 0.15) is 5.56 Å². The predicted molar refractivity (Wildman–Crippen MR) is 60.8 cm³/mol. The number of nitrogen functional groups attached to an aromatic ring is 1. The zero-order valence-corrected chi connectivity index (χ0v) is 9.01. The van der Waals surface area contributed by atoms with E-state index in [4.69, 9.17) is 28.9 Å². The van der Waals surface area contributed by atoms with Gasteiger partial charge in [-0.05, 0) is 29.1 Å². The van der Waals surface area contributed by atoms with E-state index in [1.54, 1.807) is 0 Å². The summed E-state index contributed by atoms with van der Waals surface area (Å²) in [6.45, 7) is 0. The second-order valence-corrected chi connectivity index (χ2v) is 4.74. The number of benzene rings is 1. The lowest BCUT2D eigenvalue weighted by atomic mass is 10.1. The molecule has 0 atom stereocenters. The van der Waals surface area contributed by atoms with Crippen molar-refractivity contribution in [3.8, 4) is 0 Å². The summed E-state index contributed by atoms with van der Waals surface area (Å²) in [4.78, 5) is 0. The lowest BCUT2D eigenvalue weighted by Crippen LogP contribution is -1.86. The van der Waals surface area contributed by atoms with E-state index in [9.17, 15) is 0 Å². The molecule has 0 aliphatic rings. The van der Waals surface area contributed by atoms with Crippen molar-refractivity contribution in [2.75, 3.05) is 5.73 Å². The van der Waals surface area contributed by atoms with Gasteiger partial charge in [-0.15, -0.1) is 22.9 Å². The largest absolute Gasteiger partial charge is 0.398 e. The number of nitrogens with two attached hydrogens (primary N) is 1. The Morgan fingerprint density at radius 2 is 2.08 bits per heavy atom. The van der Waals surface area contributed by atoms with E-state index in [-0.39, 0.29) is 0 Å². The Hall–Kier alpha value is -0.440. The molecule has 0 unspecified atom stereocenters. The summed E-state index contributed by atoms with van der Waals surface area (Å²) in [5, 5.41) is 1.07. The molecule has 1 aromatic heterocycles. The van der Waals surface area contributed by atoms with E-state index in [0.29, 0.717) is 5.88 Å². The van der Waals surface area contributed by atoms with Crippen LogP contribution >= 0.6 is 34.5 Å². The molecule has 68 valence electrons. The van der Waals surface area contributed by atoms with Gasteiger partial charge in [0.1, 0.15) is 0 Å². The van der Waals surface area contributed by atoms with Crippen LogP contribution in [0.5, 0.6) is 0 Å². The first-order valence-corrected chi connectivity index (χ1v) is 5.47. The Kier molecular flexibility index (Phi) is 2.37. The fourth-order valence-corrected chi connectivity index (χ4v) is 2.59. The lowest BCUT2D eigenvalue weighted by molar-refractivity contribution is 1.43. The zero-order valence-electron chi connectivity index (χ0n) is 6.68. The quantitative estimate of drug-likeness (QED) is 0.586. The maximum Gasteiger partial charge on any atom is 0.0941 e. The van der Waals surface area contributed by atoms with Crippen molar-refractivity contribution in [2.24, 2.45) is 0 Å². The van der Waals surface area contributed by atoms with Crippen LogP contribution in [0.3, 0.4) is 0 Å². The van der Waals surface area contributed by atoms with Gasteiger partial charge in [0, 0.05) is 11.6 Å². The first-order chi connectivity index (χ1) is 6.20. The van der Waals surface area contributed by atoms with Gasteiger partial charge in [0.2, 0.25) is 0 Å². The smallest absolute Gasteiger partial charge is 0.0941 e. The van der Waals surface area contributed by atoms with E-state index in [0.717, 1.165) is 25.7 Å². The van der Waals surface area contributed by atoms with Crippen LogP contribution in [0.15, 0.2) is 18.2 Å². The van der Waals surface area contributed by atoms with E-state index in [1.807, 2.05) is 18.2 Å². The Bertz CT molecular complexity index is 450. The molecule has 0 fully saturated rings. The molecule has 0 amide bonds. The highest BCUT2D eigenvalue weighted by atomic mass is 35.5. The average molecular weight is 232 g/mol. The predicted octanol–water partition coefficient (Wildman–Crippen LogP) is 3.88. The molecule has 2 N–H and O–H groups in total. The summed E-state index contributed by atoms with van der Waals surface area (Å²) in [6, 6.07) is 5.82. The second-order valence-electron chi connectivity index (χ2n) is 2.79. The molecule has 0 aliphatic heterocycles. The Balaban J connectivity index is 2.75. The van der Waals surface area contributed by atoms with Crippen LogP contribution < -0.4 is 5.73 Å². The van der Waals surface area contributed by atoms with Crippen LogP contribution in [0.4, 0.5) is 5.69 Å². The van der Waals surface area contributed by atoms with Gasteiger partial charge >= 0.3 is 0 Å². The van der Waals surface area contributed by atoms with Crippen molar-refractivity contribution in [3.05, 3.63) is 28.1 Å². The zero-order chi connectivity index (χ0) is 9.42. The van der Waals surface area contributed by atoms with Gasteiger partial charge in [-0.3, -0.25) is 0 Å². The number of rotatable bonds is 1. The number of hydrogen-bond donors (Lipinski definition) is 1. The third-order valence-corrected chi connectivity index (χ3v) is 3.47. The summed E-state index contributed by atoms with van der Waals surface area (Å²) in [7, 11) is 0. The van der Waals surface area contributed by atoms with Crippen LogP contribution in [-0.2, 0) is 5.88 Å². The van der Waals surface area contributed by atoms with Gasteiger partial charge in [-0.1, -0.05) is 11.6 Å². The van der Waals surface area contributed by atoms with Gasteiger partial charge in [-0.2, -0.15) is 0 Å². The fourth-order valence-electron chi connectivity index (χ4n) is 1.29. The maximum absolute atomic E-state index is 5.88. The lowest BCUT2D eigenvalue weighted by Gasteiger charge is -1.99. The Morgan fingerprint density at radius 3 is 2.77 bits per heavy atom. The molecule has 0 aliphatic carbocycles. The molecular weight excluding hydrogens is 225 g/mol. The number of anilines is 1. The highest BCUT2D eigenvalue weighted by molar-refractivity contribution is 7.23. The first-order valence-electron chi connectivity index (χ1n) is 3.74. The Labute approximate surface area is 90.1 Å². The number of hydrogen-bond acceptors (Lipinski definition) is 2. The topological polar surface area (TPSA) is 26.0 Å². The summed E-state index contributed by atoms with van der Waals surface area (Å²) in [5.41, 5.74) is 7.62. The second kappa shape index (κ2) is 3.37. The molecule has 4 heteroatoms. The van der Waals surface area contributed by atoms with Crippen molar-refractivity contribution in [1.82, 2.24) is 0 Å². The number of halogens is 2. The molecule has 2 rings (SSSR count). The van der Waals surface area contributed by atoms with Crippen LogP contribution in [0, 0.1) is 0 Å². The molecule has 0 saturated carbocycles. The summed E-state index contributed by atoms with van der Waals surface area (Å²) >= 11 is 13.1. The van der Waals surface area contributed by atoms with Crippen molar-refractivity contribution in [2.45, 2.75) is 5.88 Å². The average Bonchev–Trinajstić information content (AvgIpc) is 2.46. The molecule has 0 radical (unpaired) electrons. The number of fused-ring (bicyclic) bond motifs is 1. The van der Waals surface area contributed by atoms with Gasteiger partial charge < -0.3 is 5.73 Å². The van der Waals surface area contributed by atoms with Crippen molar-refractivity contribution in [3.63, 3.8) is 0 Å². The van der Waals surface area contributed by atoms with Crippen molar-refractivity contribution < 1.29 is 0 Å². The van der Waals surface area contributed by atoms with E-state index in [1.165, 1.54) is 11.3 Å². The fraction of sp³-hybridized carbons (Fsp3) is 0.111. The number of alkyl halides is 1. The normalized spacial score (nSPS) is 10.9. The number of thiophene rings is 1. The van der Waals surface area contributed by atoms with Gasteiger partial charge in [-0.25, -0.2) is 0 Å². The molecule has 13 heavy (non-hydrogen) atoms. The molecule has 0 spiro atoms. The summed E-state index contributed by atoms with van der Waals surface area (Å²) in [5.74, 6) is 0.480. The highest BCUT2D eigenvalue weighted by Crippen LogP contribution is 2.34. The van der Waals surface area contributed by atoms with Crippen LogP contribution in [-0.4, -0.2) is 0 Å². The maximum atomic E-state index is 5.88. The molecule has 0 bridgehead atoms. The minimum Gasteiger partial charge on any atom is -0.398 e. The van der Waals surface area contributed by atoms with Crippen molar-refractivity contribution in [1.29, 1.82) is 0 Å². The van der Waals surface area contributed by atoms with Crippen LogP contribution in [0.2, 0.25) is 4.34 Å². The van der Waals surface area contributed by atoms with Gasteiger partial charge in [0.05, 0.1) is 9.04 Å². The molecule has 1 aromatic carbocycles. The minimum absolute atomic E-state index is 0.480. The molecule has 1 nitrogen and oxygen atoms in total. The van der Waals surface area contributed by atoms with Crippen LogP contribution in [0.25, 0.3) is 10.1 Å². The van der Waals surface area contributed by atoms with Gasteiger partial charge in [0.15, 0.2) is 0 Å². The summed E-state index contributed by atoms with van der Waals surface area (Å²) in [6.07, 6.45) is 0. The molecule has 2 aromatic rings. The van der Waals surface area contributed by atoms with E-state index in [2.05, 4.69) is 0 Å². The van der Waals surface area contributed by atoms with E-state index >= 15 is 0 Å². The monoisotopic (exact) mass is 231 g/mol. The SMILES string of the molecule is Nc1cc(CCl)cc2cc(Cl)sc12. The highest BCUT2D eigenvalue weighted by Gasteiger charge is 2.04. The third-order valence-electron chi connectivity index (χ3n) is 1.83. The Morgan fingerprint density at radius 1 is 1.31 bits per heavy atom. The standard InChI is InChI=1S/C9H7Cl2NS/c10-4-5-1-6-3-8(11)13-9(6)7(12)2-5/h1-3H,4,12H2. The third kappa shape index (κ3) is 1.62. The molecule has 1 heterocycles. The van der Waals surface area contributed by atoms with Gasteiger partial charge in [0.25, 0.3) is 0 Å². The minimum atomic E-state index is 0.480. The van der Waals surface area contributed by atoms with E-state index < -0.39 is 0 Å². The molecule has 0 saturated heterocycles. The molecular formula is C9H7Cl2NS. The first kappa shape index (κ1) is 9.13. The summed E-state index contributed by atoms with van der Waals surface area (Å²) < 4.78 is 1.80.